The van der Waals surface area contributed by atoms with Crippen LogP contribution >= 0.6 is 56.7 Å². The van der Waals surface area contributed by atoms with Gasteiger partial charge in [0.2, 0.25) is 5.91 Å². The third kappa shape index (κ3) is 12.9. The molecule has 0 radical (unpaired) electrons. The van der Waals surface area contributed by atoms with Gasteiger partial charge in [0.1, 0.15) is 126 Å². The third-order valence-electron chi connectivity index (χ3n) is 15.8. The van der Waals surface area contributed by atoms with Crippen LogP contribution in [-0.2, 0) is 56.0 Å². The fourth-order valence-electron chi connectivity index (χ4n) is 10.8. The van der Waals surface area contributed by atoms with Gasteiger partial charge >= 0.3 is 11.9 Å². The van der Waals surface area contributed by atoms with E-state index in [1.165, 1.54) is 79.9 Å². The monoisotopic (exact) mass is 1410 g/mol. The van der Waals surface area contributed by atoms with Gasteiger partial charge in [-0.1, -0.05) is 18.7 Å². The summed E-state index contributed by atoms with van der Waals surface area (Å²) in [6, 6.07) is 1.06. The lowest BCUT2D eigenvalue weighted by atomic mass is 9.89. The number of aromatic hydroxyl groups is 1. The fraction of sp³-hybridized carbons (Fsp3) is 0.322. The van der Waals surface area contributed by atoms with Gasteiger partial charge in [0.05, 0.1) is 42.7 Å². The maximum absolute atomic E-state index is 15.1. The quantitative estimate of drug-likeness (QED) is 0.0450. The molecular formula is C59H55N13O19S5. The number of pyridine rings is 1. The summed E-state index contributed by atoms with van der Waals surface area (Å²) < 4.78 is 37.4. The molecule has 0 aliphatic carbocycles. The number of cyclic esters (lactones) is 2. The van der Waals surface area contributed by atoms with E-state index < -0.39 is 151 Å². The first-order chi connectivity index (χ1) is 45.8. The molecule has 7 aromatic heterocycles. The number of nitrogens with two attached hydrogens (primary N) is 1. The highest BCUT2D eigenvalue weighted by atomic mass is 32.1. The Labute approximate surface area is 560 Å². The highest BCUT2D eigenvalue weighted by molar-refractivity contribution is 7.14. The van der Waals surface area contributed by atoms with Crippen LogP contribution in [0, 0.1) is 0 Å². The first-order valence-corrected chi connectivity index (χ1v) is 33.2. The molecule has 0 unspecified atom stereocenters. The third-order valence-corrected chi connectivity index (χ3v) is 20.2. The van der Waals surface area contributed by atoms with Gasteiger partial charge in [-0.2, -0.15) is 4.73 Å². The summed E-state index contributed by atoms with van der Waals surface area (Å²) in [6.45, 7) is 7.07. The van der Waals surface area contributed by atoms with E-state index >= 15 is 4.79 Å². The van der Waals surface area contributed by atoms with E-state index in [0.29, 0.717) is 4.73 Å². The molecule has 1 fully saturated rings. The Morgan fingerprint density at radius 1 is 0.854 bits per heavy atom. The normalized spacial score (nSPS) is 24.2. The molecule has 500 valence electrons. The number of thiazole rings is 5. The minimum atomic E-state index is -1.98. The summed E-state index contributed by atoms with van der Waals surface area (Å²) in [4.78, 5) is 141. The topological polar surface area (TPSA) is 462 Å². The first kappa shape index (κ1) is 66.5. The lowest BCUT2D eigenvalue weighted by molar-refractivity contribution is -0.292. The van der Waals surface area contributed by atoms with Crippen LogP contribution in [0.5, 0.6) is 5.75 Å². The van der Waals surface area contributed by atoms with Gasteiger partial charge in [-0.3, -0.25) is 28.8 Å². The lowest BCUT2D eigenvalue weighted by Crippen LogP contribution is -2.57. The molecular weight excluding hydrogens is 1360 g/mol. The molecule has 12 rings (SSSR count). The summed E-state index contributed by atoms with van der Waals surface area (Å²) in [5.41, 5.74) is 1.42. The Balaban J connectivity index is 1.04. The number of fused-ring (bicyclic) bond motifs is 15. The van der Waals surface area contributed by atoms with Crippen molar-refractivity contribution in [1.29, 1.82) is 0 Å². The molecule has 4 aliphatic rings. The first-order valence-electron chi connectivity index (χ1n) is 28.8. The van der Waals surface area contributed by atoms with Gasteiger partial charge in [0, 0.05) is 49.8 Å². The molecule has 0 saturated carbocycles. The van der Waals surface area contributed by atoms with Crippen LogP contribution in [0.2, 0.25) is 0 Å². The molecule has 37 heteroatoms. The largest absolute Gasteiger partial charge is 0.506 e. The minimum absolute atomic E-state index is 0.0193. The van der Waals surface area contributed by atoms with E-state index in [0.717, 1.165) is 56.7 Å². The Bertz CT molecular complexity index is 4550. The number of methoxy groups -OCH3 is 1. The number of esters is 2. The molecule has 0 spiro atoms. The molecule has 11 heterocycles. The number of benzene rings is 1. The summed E-state index contributed by atoms with van der Waals surface area (Å²) in [6.07, 6.45) is -9.79. The second-order valence-electron chi connectivity index (χ2n) is 22.4. The van der Waals surface area contributed by atoms with Crippen LogP contribution in [0.1, 0.15) is 125 Å². The van der Waals surface area contributed by atoms with E-state index in [-0.39, 0.29) is 104 Å². The number of aromatic nitrogens is 7. The molecule has 1 saturated heterocycles. The number of nitrogens with zero attached hydrogens (tertiary/aromatic N) is 7. The molecule has 4 aliphatic heterocycles. The summed E-state index contributed by atoms with van der Waals surface area (Å²) >= 11 is 4.38. The number of carbonyl (C=O) groups is 8. The van der Waals surface area contributed by atoms with Crippen molar-refractivity contribution in [2.75, 3.05) is 13.7 Å². The molecule has 12 N–H and O–H groups in total. The average Bonchev–Trinajstić information content (AvgIpc) is 1.58. The second-order valence-corrected chi connectivity index (χ2v) is 26.7. The number of carbonyl (C=O) groups excluding carboxylic acids is 8. The minimum Gasteiger partial charge on any atom is -0.506 e. The number of aliphatic hydroxyl groups is 3. The number of amides is 6. The molecule has 8 aromatic rings. The maximum atomic E-state index is 15.1. The summed E-state index contributed by atoms with van der Waals surface area (Å²) in [5, 5.41) is 77.3. The van der Waals surface area contributed by atoms with E-state index in [9.17, 15) is 59.2 Å². The van der Waals surface area contributed by atoms with Crippen LogP contribution in [-0.4, -0.2) is 170 Å². The molecule has 96 heavy (non-hydrogen) atoms. The Hall–Kier alpha value is -9.54. The maximum Gasteiger partial charge on any atom is 0.358 e. The smallest absolute Gasteiger partial charge is 0.358 e. The number of rotatable bonds is 8. The number of ether oxygens (including phenoxy) is 6. The van der Waals surface area contributed by atoms with Gasteiger partial charge < -0.3 is 86.4 Å². The van der Waals surface area contributed by atoms with E-state index in [1.807, 2.05) is 0 Å². The van der Waals surface area contributed by atoms with E-state index in [2.05, 4.69) is 48.1 Å². The predicted molar refractivity (Wildman–Crippen MR) is 339 cm³/mol. The van der Waals surface area contributed by atoms with Crippen molar-refractivity contribution < 1.29 is 92.4 Å². The van der Waals surface area contributed by atoms with Gasteiger partial charge in [0.25, 0.3) is 29.5 Å². The summed E-state index contributed by atoms with van der Waals surface area (Å²) in [5.74, 6) is -8.46. The molecule has 6 amide bonds. The Morgan fingerprint density at radius 3 is 2.25 bits per heavy atom. The number of primary amides is 1. The van der Waals surface area contributed by atoms with Crippen LogP contribution in [0.4, 0.5) is 0 Å². The van der Waals surface area contributed by atoms with Gasteiger partial charge in [-0.05, 0) is 45.4 Å². The number of aliphatic hydroxyl groups excluding tert-OH is 2. The second kappa shape index (κ2) is 26.6. The summed E-state index contributed by atoms with van der Waals surface area (Å²) in [7, 11) is 1.29. The lowest BCUT2D eigenvalue weighted by Gasteiger charge is -2.43. The molecule has 10 atom stereocenters. The highest BCUT2D eigenvalue weighted by Crippen LogP contribution is 2.43. The number of allylic oxidation sites excluding steroid dienone is 1. The standard InChI is InChI=1S/C59H55N13O19S5/c1-20(46(60)76)61-47(77)29-17-95-55(66-29)40-34(74)10-25-39(68-40)28-15-93-53(63-28)27-14-89-57(82)42-26-13-87-43(44(91-35-11-59(5,84)45(75)23(4)90-35)58(83)88-12-24-8-7-9-33(36(24)26)72(42)85)41(56-67-30(18-96-56)48(78)62-27)71-50(80)32-19-94-54(65-32)38(22(3)86-6)70-51(81)37(21(2)73)69-49(79)31-16-92-52(25)64-31/h7-10,15-19,21,23,27,35,37,41,43-45,73-75,84-85H,1,11-14H2,2-6H3,(H2,60,76)(H,61,77)(H,62,78)(H,69,79)(H,70,81)(H,71,80)/b38-22+/t21-,23+,27+,35+,37+,41+,43+,44+,45+,59+/m1/s1. The van der Waals surface area contributed by atoms with Crippen molar-refractivity contribution in [1.82, 2.24) is 61.2 Å². The van der Waals surface area contributed by atoms with E-state index in [4.69, 9.17) is 49.1 Å². The number of nitrogens with one attached hydrogen (secondary N) is 5. The Kier molecular flexibility index (Phi) is 18.4. The predicted octanol–water partition coefficient (Wildman–Crippen LogP) is 3.32. The van der Waals surface area contributed by atoms with Crippen molar-refractivity contribution in [2.45, 2.75) is 108 Å². The molecule has 1 aromatic carbocycles. The average molecular weight is 1410 g/mol. The highest BCUT2D eigenvalue weighted by Gasteiger charge is 2.49. The number of hydrogen-bond donors (Lipinski definition) is 11. The SMILES string of the molecule is C=C(NC(=O)c1csc(-c2nc3c(cc2O)-c2nc(cs2)C(=O)N[C@@H]([C@@H](C)O)C(=O)N/C(=C(\C)OC)c2nc(cs2)C(=O)N[C@@H]2c4nc(cs4)C(=O)N[C@@H](COC(=O)c4c5c6c(cccc6n4O)COC(=O)[C@@H](O[C@H]4C[C@](C)(O)[C@@H](O)[C@H](C)O4)[C@H]2OC5)c2nc-3cs2)n1)C(N)=O. The zero-order valence-electron chi connectivity index (χ0n) is 50.6. The van der Waals surface area contributed by atoms with Crippen molar-refractivity contribution in [3.63, 3.8) is 0 Å². The van der Waals surface area contributed by atoms with Gasteiger partial charge in [-0.15, -0.1) is 56.7 Å². The van der Waals surface area contributed by atoms with Crippen molar-refractivity contribution in [2.24, 2.45) is 5.73 Å². The van der Waals surface area contributed by atoms with E-state index in [1.54, 1.807) is 6.07 Å². The number of hydrogen-bond acceptors (Lipinski definition) is 30. The molecule has 32 nitrogen and oxygen atoms in total. The van der Waals surface area contributed by atoms with Gasteiger partial charge in [-0.25, -0.2) is 39.5 Å². The van der Waals surface area contributed by atoms with Gasteiger partial charge in [0.15, 0.2) is 18.1 Å². The van der Waals surface area contributed by atoms with Crippen molar-refractivity contribution in [3.05, 3.63) is 124 Å². The van der Waals surface area contributed by atoms with Crippen LogP contribution in [0.3, 0.4) is 0 Å². The van der Waals surface area contributed by atoms with Crippen LogP contribution in [0.15, 0.2) is 69.2 Å². The Morgan fingerprint density at radius 2 is 1.52 bits per heavy atom. The fourth-order valence-corrected chi connectivity index (χ4v) is 14.9. The van der Waals surface area contributed by atoms with Crippen molar-refractivity contribution in [3.8, 4) is 38.4 Å². The molecule has 12 bridgehead atoms. The van der Waals surface area contributed by atoms with Crippen molar-refractivity contribution >= 4 is 121 Å². The zero-order valence-corrected chi connectivity index (χ0v) is 54.7. The zero-order chi connectivity index (χ0) is 68.3. The van der Waals surface area contributed by atoms with Crippen LogP contribution < -0.4 is 32.3 Å². The van der Waals surface area contributed by atoms with Crippen LogP contribution in [0.25, 0.3) is 49.3 Å².